The van der Waals surface area contributed by atoms with Crippen molar-refractivity contribution in [3.63, 3.8) is 0 Å². The maximum atomic E-state index is 13.4. The second-order valence-corrected chi connectivity index (χ2v) is 10.4. The molecular formula is C25H26N6NaO5PS. The standard InChI is InChI=1S/C25H24N6OS.Na.H3O4P/c1-3-4-5-23-26-22-11-6-16(2)12-19(22)25(32)31(23)13-17-7-9-18(10-8-17)20-14-33-15-21(20)24-27-29-30-28-24;;1-5(2,3)4/h6-12,14-15H,3-5,13H2,1-2H3,(H,27,28,29,30);;(H3,1,2,3,4)/q;+1;/p-1. The van der Waals surface area contributed by atoms with Gasteiger partial charge in [0, 0.05) is 22.9 Å². The molecule has 0 atom stereocenters. The van der Waals surface area contributed by atoms with Crippen molar-refractivity contribution in [1.82, 2.24) is 30.2 Å². The molecule has 0 fully saturated rings. The maximum Gasteiger partial charge on any atom is 1.00 e. The van der Waals surface area contributed by atoms with E-state index in [-0.39, 0.29) is 35.1 Å². The first-order valence-corrected chi connectivity index (χ1v) is 14.3. The van der Waals surface area contributed by atoms with E-state index in [2.05, 4.69) is 57.2 Å². The average Bonchev–Trinajstić information content (AvgIpc) is 3.57. The number of thiophene rings is 1. The quantitative estimate of drug-likeness (QED) is 0.184. The molecule has 3 N–H and O–H groups in total. The predicted molar refractivity (Wildman–Crippen MR) is 143 cm³/mol. The summed E-state index contributed by atoms with van der Waals surface area (Å²) in [7, 11) is -4.89. The Labute approximate surface area is 250 Å². The minimum atomic E-state index is -4.89. The van der Waals surface area contributed by atoms with E-state index in [1.165, 1.54) is 0 Å². The molecule has 0 saturated heterocycles. The summed E-state index contributed by atoms with van der Waals surface area (Å²) in [5.41, 5.74) is 6.06. The molecule has 0 spiro atoms. The zero-order valence-electron chi connectivity index (χ0n) is 21.7. The van der Waals surface area contributed by atoms with E-state index in [1.807, 2.05) is 35.1 Å². The van der Waals surface area contributed by atoms with Gasteiger partial charge in [0.25, 0.3) is 13.4 Å². The number of phosphoric acid groups is 1. The zero-order valence-corrected chi connectivity index (χ0v) is 25.4. The molecule has 0 aliphatic carbocycles. The molecule has 2 aromatic carbocycles. The third-order valence-electron chi connectivity index (χ3n) is 5.81. The van der Waals surface area contributed by atoms with Gasteiger partial charge in [-0.15, -0.1) is 5.10 Å². The van der Waals surface area contributed by atoms with E-state index < -0.39 is 7.82 Å². The van der Waals surface area contributed by atoms with Gasteiger partial charge in [-0.3, -0.25) is 13.9 Å². The van der Waals surface area contributed by atoms with E-state index in [9.17, 15) is 4.79 Å². The third-order valence-corrected chi connectivity index (χ3v) is 6.55. The number of hydrogen-bond donors (Lipinski definition) is 3. The van der Waals surface area contributed by atoms with Crippen molar-refractivity contribution in [1.29, 1.82) is 0 Å². The molecule has 39 heavy (non-hydrogen) atoms. The fourth-order valence-electron chi connectivity index (χ4n) is 4.02. The van der Waals surface area contributed by atoms with Gasteiger partial charge < -0.3 is 14.7 Å². The van der Waals surface area contributed by atoms with Crippen LogP contribution >= 0.6 is 19.2 Å². The number of nitrogens with zero attached hydrogens (tertiary/aromatic N) is 5. The Morgan fingerprint density at radius 3 is 2.44 bits per heavy atom. The topological polar surface area (TPSA) is 170 Å². The summed E-state index contributed by atoms with van der Waals surface area (Å²) in [4.78, 5) is 41.2. The number of fused-ring (bicyclic) bond motifs is 1. The molecule has 3 heterocycles. The van der Waals surface area contributed by atoms with E-state index in [0.717, 1.165) is 58.4 Å². The van der Waals surface area contributed by atoms with Crippen LogP contribution < -0.4 is 40.0 Å². The zero-order chi connectivity index (χ0) is 27.3. The van der Waals surface area contributed by atoms with Crippen LogP contribution in [0.25, 0.3) is 33.4 Å². The van der Waals surface area contributed by atoms with Crippen LogP contribution in [0.5, 0.6) is 0 Å². The summed E-state index contributed by atoms with van der Waals surface area (Å²) >= 11 is 1.61. The van der Waals surface area contributed by atoms with Crippen LogP contribution in [0.1, 0.15) is 36.7 Å². The molecule has 5 aromatic rings. The predicted octanol–water partition coefficient (Wildman–Crippen LogP) is 0.448. The van der Waals surface area contributed by atoms with Gasteiger partial charge in [-0.2, -0.15) is 11.3 Å². The Bertz CT molecular complexity index is 1630. The van der Waals surface area contributed by atoms with Gasteiger partial charge in [0.05, 0.1) is 17.4 Å². The number of H-pyrrole nitrogens is 1. The number of nitrogens with one attached hydrogen (secondary N) is 1. The van der Waals surface area contributed by atoms with Crippen LogP contribution in [-0.4, -0.2) is 40.0 Å². The van der Waals surface area contributed by atoms with Crippen molar-refractivity contribution in [2.75, 3.05) is 0 Å². The SMILES string of the molecule is CCCCc1nc2ccc(C)cc2c(=O)n1Cc1ccc(-c2cscc2-c2nnn[nH]2)cc1.O=P([O-])(O)O.[Na+]. The van der Waals surface area contributed by atoms with Gasteiger partial charge in [-0.05, 0) is 52.4 Å². The summed E-state index contributed by atoms with van der Waals surface area (Å²) in [6.45, 7) is 4.65. The van der Waals surface area contributed by atoms with Crippen molar-refractivity contribution in [2.24, 2.45) is 0 Å². The van der Waals surface area contributed by atoms with E-state index >= 15 is 0 Å². The van der Waals surface area contributed by atoms with Gasteiger partial charge in [0.1, 0.15) is 5.82 Å². The van der Waals surface area contributed by atoms with Crippen molar-refractivity contribution >= 4 is 30.1 Å². The average molecular weight is 577 g/mol. The fraction of sp³-hybridized carbons (Fsp3) is 0.240. The second-order valence-electron chi connectivity index (χ2n) is 8.68. The molecule has 0 aliphatic heterocycles. The van der Waals surface area contributed by atoms with E-state index in [1.54, 1.807) is 11.3 Å². The van der Waals surface area contributed by atoms with Crippen LogP contribution in [0.2, 0.25) is 0 Å². The minimum Gasteiger partial charge on any atom is -0.756 e. The largest absolute Gasteiger partial charge is 1.00 e. The minimum absolute atomic E-state index is 0. The van der Waals surface area contributed by atoms with Crippen molar-refractivity contribution in [3.8, 4) is 22.5 Å². The van der Waals surface area contributed by atoms with E-state index in [4.69, 9.17) is 24.2 Å². The first-order chi connectivity index (χ1) is 18.1. The summed E-state index contributed by atoms with van der Waals surface area (Å²) in [5.74, 6) is 1.50. The first-order valence-electron chi connectivity index (χ1n) is 11.8. The van der Waals surface area contributed by atoms with Crippen LogP contribution in [0.3, 0.4) is 0 Å². The number of rotatable bonds is 7. The summed E-state index contributed by atoms with van der Waals surface area (Å²) in [5, 5.41) is 19.0. The van der Waals surface area contributed by atoms with Crippen LogP contribution in [-0.2, 0) is 17.5 Å². The molecule has 14 heteroatoms. The smallest absolute Gasteiger partial charge is 0.756 e. The summed E-state index contributed by atoms with van der Waals surface area (Å²) in [6, 6.07) is 14.2. The Kier molecular flexibility index (Phi) is 10.9. The Balaban J connectivity index is 0.000000644. The molecular weight excluding hydrogens is 550 g/mol. The molecule has 3 aromatic heterocycles. The van der Waals surface area contributed by atoms with E-state index in [0.29, 0.717) is 17.8 Å². The molecule has 0 radical (unpaired) electrons. The second kappa shape index (κ2) is 13.7. The molecule has 0 aliphatic rings. The molecule has 11 nitrogen and oxygen atoms in total. The molecule has 0 unspecified atom stereocenters. The number of tetrazole rings is 1. The maximum absolute atomic E-state index is 13.4. The molecule has 0 bridgehead atoms. The van der Waals surface area contributed by atoms with Gasteiger partial charge in [-0.1, -0.05) is 49.2 Å². The number of aromatic nitrogens is 6. The van der Waals surface area contributed by atoms with Crippen molar-refractivity contribution in [2.45, 2.75) is 39.7 Å². The Morgan fingerprint density at radius 2 is 1.79 bits per heavy atom. The monoisotopic (exact) mass is 576 g/mol. The third kappa shape index (κ3) is 8.23. The number of aromatic amines is 1. The number of unbranched alkanes of at least 4 members (excludes halogenated alkanes) is 1. The molecule has 0 saturated carbocycles. The normalized spacial score (nSPS) is 11.1. The molecule has 5 rings (SSSR count). The van der Waals surface area contributed by atoms with Gasteiger partial charge >= 0.3 is 29.6 Å². The number of aryl methyl sites for hydroxylation is 2. The molecule has 0 amide bonds. The van der Waals surface area contributed by atoms with Crippen molar-refractivity contribution in [3.05, 3.63) is 80.5 Å². The van der Waals surface area contributed by atoms with Crippen LogP contribution in [0.4, 0.5) is 0 Å². The van der Waals surface area contributed by atoms with Gasteiger partial charge in [0.2, 0.25) is 0 Å². The Morgan fingerprint density at radius 1 is 1.10 bits per heavy atom. The number of hydrogen-bond acceptors (Lipinski definition) is 8. The molecule has 198 valence electrons. The fourth-order valence-corrected chi connectivity index (χ4v) is 4.86. The van der Waals surface area contributed by atoms with Crippen LogP contribution in [0.15, 0.2) is 58.0 Å². The summed E-state index contributed by atoms with van der Waals surface area (Å²) < 4.78 is 10.6. The summed E-state index contributed by atoms with van der Waals surface area (Å²) in [6.07, 6.45) is 2.84. The first kappa shape index (κ1) is 31.0. The van der Waals surface area contributed by atoms with Crippen LogP contribution in [0, 0.1) is 6.92 Å². The van der Waals surface area contributed by atoms with Crippen molar-refractivity contribution < 1.29 is 48.8 Å². The van der Waals surface area contributed by atoms with Gasteiger partial charge in [0.15, 0.2) is 5.82 Å². The number of benzene rings is 2. The van der Waals surface area contributed by atoms with Gasteiger partial charge in [-0.25, -0.2) is 10.1 Å². The Hall–Kier alpha value is -2.54.